The molecule has 0 unspecified atom stereocenters. The number of hydrogen-bond donors (Lipinski definition) is 1. The van der Waals surface area contributed by atoms with Crippen molar-refractivity contribution in [1.82, 2.24) is 10.3 Å². The third-order valence-electron chi connectivity index (χ3n) is 4.73. The molecule has 1 N–H and O–H groups in total. The molecule has 3 aromatic rings. The van der Waals surface area contributed by atoms with Gasteiger partial charge in [0.2, 0.25) is 0 Å². The molecule has 0 saturated carbocycles. The Morgan fingerprint density at radius 1 is 1.10 bits per heavy atom. The minimum Gasteiger partial charge on any atom is -0.493 e. The van der Waals surface area contributed by atoms with Crippen molar-refractivity contribution >= 4 is 17.5 Å². The Balaban J connectivity index is 1.78. The van der Waals surface area contributed by atoms with Crippen molar-refractivity contribution in [3.05, 3.63) is 88.7 Å². The molecule has 0 bridgehead atoms. The summed E-state index contributed by atoms with van der Waals surface area (Å²) >= 11 is 6.00. The number of methoxy groups -OCH3 is 1. The molecule has 156 valence electrons. The van der Waals surface area contributed by atoms with Crippen LogP contribution < -0.4 is 14.8 Å². The summed E-state index contributed by atoms with van der Waals surface area (Å²) in [5, 5.41) is 3.78. The quantitative estimate of drug-likeness (QED) is 0.522. The third kappa shape index (κ3) is 5.51. The van der Waals surface area contributed by atoms with Gasteiger partial charge in [0.1, 0.15) is 6.61 Å². The fourth-order valence-corrected chi connectivity index (χ4v) is 3.23. The number of nitrogens with one attached hydrogen (secondary N) is 1. The Kier molecular flexibility index (Phi) is 7.31. The number of rotatable bonds is 8. The highest BCUT2D eigenvalue weighted by atomic mass is 35.5. The van der Waals surface area contributed by atoms with Crippen LogP contribution in [0.1, 0.15) is 41.4 Å². The van der Waals surface area contributed by atoms with Gasteiger partial charge in [0.05, 0.1) is 13.2 Å². The molecule has 5 nitrogen and oxygen atoms in total. The van der Waals surface area contributed by atoms with Crippen LogP contribution >= 0.6 is 11.6 Å². The number of amides is 1. The minimum absolute atomic E-state index is 0.142. The van der Waals surface area contributed by atoms with E-state index in [4.69, 9.17) is 21.1 Å². The number of carbonyl (C=O) groups excluding carboxylic acids is 1. The van der Waals surface area contributed by atoms with E-state index in [2.05, 4.69) is 24.1 Å². The standard InChI is InChI=1S/C24H25ClN2O3/c1-16(2)23(18-6-9-20(25)10-7-18)27-24(28)19-8-11-21(29-3)22(13-19)30-15-17-5-4-12-26-14-17/h4-14,16,23H,15H2,1-3H3,(H,27,28)/t23-/m1/s1. The fourth-order valence-electron chi connectivity index (χ4n) is 3.10. The number of nitrogens with zero attached hydrogens (tertiary/aromatic N) is 1. The molecule has 0 spiro atoms. The van der Waals surface area contributed by atoms with Crippen molar-refractivity contribution in [2.45, 2.75) is 26.5 Å². The van der Waals surface area contributed by atoms with E-state index in [0.29, 0.717) is 28.7 Å². The van der Waals surface area contributed by atoms with Crippen LogP contribution in [0, 0.1) is 5.92 Å². The van der Waals surface area contributed by atoms with Crippen molar-refractivity contribution in [3.8, 4) is 11.5 Å². The largest absolute Gasteiger partial charge is 0.493 e. The van der Waals surface area contributed by atoms with E-state index in [-0.39, 0.29) is 17.9 Å². The maximum absolute atomic E-state index is 13.0. The number of halogens is 1. The van der Waals surface area contributed by atoms with Crippen LogP contribution in [0.25, 0.3) is 0 Å². The van der Waals surface area contributed by atoms with Crippen LogP contribution in [0.15, 0.2) is 67.0 Å². The zero-order valence-electron chi connectivity index (χ0n) is 17.3. The van der Waals surface area contributed by atoms with Gasteiger partial charge < -0.3 is 14.8 Å². The number of benzene rings is 2. The molecule has 30 heavy (non-hydrogen) atoms. The molecule has 0 fully saturated rings. The number of aromatic nitrogens is 1. The first-order chi connectivity index (χ1) is 14.5. The summed E-state index contributed by atoms with van der Waals surface area (Å²) in [5.74, 6) is 1.09. The lowest BCUT2D eigenvalue weighted by molar-refractivity contribution is 0.0925. The lowest BCUT2D eigenvalue weighted by atomic mass is 9.95. The monoisotopic (exact) mass is 424 g/mol. The minimum atomic E-state index is -0.183. The normalized spacial score (nSPS) is 11.8. The Bertz CT molecular complexity index is 976. The van der Waals surface area contributed by atoms with Gasteiger partial charge in [0, 0.05) is 28.5 Å². The molecule has 0 aliphatic rings. The maximum Gasteiger partial charge on any atom is 0.251 e. The van der Waals surface area contributed by atoms with E-state index in [1.165, 1.54) is 0 Å². The average molecular weight is 425 g/mol. The molecule has 0 saturated heterocycles. The first-order valence-electron chi connectivity index (χ1n) is 9.74. The van der Waals surface area contributed by atoms with Crippen molar-refractivity contribution in [2.75, 3.05) is 7.11 Å². The molecular weight excluding hydrogens is 400 g/mol. The highest BCUT2D eigenvalue weighted by Crippen LogP contribution is 2.30. The Morgan fingerprint density at radius 2 is 1.87 bits per heavy atom. The predicted octanol–water partition coefficient (Wildman–Crippen LogP) is 5.45. The topological polar surface area (TPSA) is 60.5 Å². The molecule has 3 rings (SSSR count). The SMILES string of the molecule is COc1ccc(C(=O)N[C@@H](c2ccc(Cl)cc2)C(C)C)cc1OCc1cccnc1. The summed E-state index contributed by atoms with van der Waals surface area (Å²) in [6, 6.07) is 16.3. The first-order valence-corrected chi connectivity index (χ1v) is 10.1. The first kappa shape index (κ1) is 21.7. The lowest BCUT2D eigenvalue weighted by Gasteiger charge is -2.23. The van der Waals surface area contributed by atoms with Gasteiger partial charge in [-0.15, -0.1) is 0 Å². The Morgan fingerprint density at radius 3 is 2.50 bits per heavy atom. The number of ether oxygens (including phenoxy) is 2. The lowest BCUT2D eigenvalue weighted by Crippen LogP contribution is -2.31. The Hall–Kier alpha value is -3.05. The summed E-state index contributed by atoms with van der Waals surface area (Å²) in [4.78, 5) is 17.1. The van der Waals surface area contributed by atoms with Crippen molar-refractivity contribution in [3.63, 3.8) is 0 Å². The smallest absolute Gasteiger partial charge is 0.251 e. The van der Waals surface area contributed by atoms with Crippen LogP contribution in [0.4, 0.5) is 0 Å². The van der Waals surface area contributed by atoms with E-state index in [0.717, 1.165) is 11.1 Å². The number of hydrogen-bond acceptors (Lipinski definition) is 4. The van der Waals surface area contributed by atoms with Crippen LogP contribution in [0.3, 0.4) is 0 Å². The summed E-state index contributed by atoms with van der Waals surface area (Å²) in [6.45, 7) is 4.46. The molecule has 0 aliphatic heterocycles. The van der Waals surface area contributed by atoms with Crippen LogP contribution in [0.2, 0.25) is 5.02 Å². The molecule has 1 aromatic heterocycles. The van der Waals surface area contributed by atoms with Gasteiger partial charge in [0.25, 0.3) is 5.91 Å². The third-order valence-corrected chi connectivity index (χ3v) is 4.98. The van der Waals surface area contributed by atoms with Crippen molar-refractivity contribution < 1.29 is 14.3 Å². The molecule has 2 aromatic carbocycles. The van der Waals surface area contributed by atoms with Gasteiger partial charge in [-0.2, -0.15) is 0 Å². The van der Waals surface area contributed by atoms with Gasteiger partial charge in [-0.1, -0.05) is 43.6 Å². The highest BCUT2D eigenvalue weighted by molar-refractivity contribution is 6.30. The van der Waals surface area contributed by atoms with Crippen LogP contribution in [-0.4, -0.2) is 18.0 Å². The Labute approximate surface area is 182 Å². The van der Waals surface area contributed by atoms with Gasteiger partial charge in [0.15, 0.2) is 11.5 Å². The van der Waals surface area contributed by atoms with Crippen LogP contribution in [0.5, 0.6) is 11.5 Å². The van der Waals surface area contributed by atoms with E-state index in [1.54, 1.807) is 37.7 Å². The highest BCUT2D eigenvalue weighted by Gasteiger charge is 2.20. The van der Waals surface area contributed by atoms with Gasteiger partial charge in [-0.05, 0) is 47.9 Å². The molecule has 1 amide bonds. The fraction of sp³-hybridized carbons (Fsp3) is 0.250. The summed E-state index contributed by atoms with van der Waals surface area (Å²) in [5.41, 5.74) is 2.43. The molecule has 0 aliphatic carbocycles. The van der Waals surface area contributed by atoms with Gasteiger partial charge >= 0.3 is 0 Å². The summed E-state index contributed by atoms with van der Waals surface area (Å²) < 4.78 is 11.3. The van der Waals surface area contributed by atoms with Gasteiger partial charge in [-0.3, -0.25) is 9.78 Å². The summed E-state index contributed by atoms with van der Waals surface area (Å²) in [6.07, 6.45) is 3.45. The van der Waals surface area contributed by atoms with Crippen molar-refractivity contribution in [1.29, 1.82) is 0 Å². The molecule has 1 heterocycles. The van der Waals surface area contributed by atoms with E-state index >= 15 is 0 Å². The zero-order valence-corrected chi connectivity index (χ0v) is 18.0. The second-order valence-corrected chi connectivity index (χ2v) is 7.70. The van der Waals surface area contributed by atoms with Crippen LogP contribution in [-0.2, 0) is 6.61 Å². The average Bonchev–Trinajstić information content (AvgIpc) is 2.77. The zero-order chi connectivity index (χ0) is 21.5. The van der Waals surface area contributed by atoms with E-state index in [9.17, 15) is 4.79 Å². The predicted molar refractivity (Wildman–Crippen MR) is 118 cm³/mol. The second-order valence-electron chi connectivity index (χ2n) is 7.26. The molecule has 6 heteroatoms. The second kappa shape index (κ2) is 10.1. The number of carbonyl (C=O) groups is 1. The van der Waals surface area contributed by atoms with E-state index < -0.39 is 0 Å². The summed E-state index contributed by atoms with van der Waals surface area (Å²) in [7, 11) is 1.57. The van der Waals surface area contributed by atoms with E-state index in [1.807, 2.05) is 36.4 Å². The molecule has 0 radical (unpaired) electrons. The van der Waals surface area contributed by atoms with Crippen molar-refractivity contribution in [2.24, 2.45) is 5.92 Å². The maximum atomic E-state index is 13.0. The molecule has 1 atom stereocenters. The van der Waals surface area contributed by atoms with Gasteiger partial charge in [-0.25, -0.2) is 0 Å². The number of pyridine rings is 1. The molecular formula is C24H25ClN2O3.